The van der Waals surface area contributed by atoms with E-state index in [1.807, 2.05) is 30.3 Å². The zero-order chi connectivity index (χ0) is 26.5. The zero-order valence-corrected chi connectivity index (χ0v) is 22.9. The number of carbonyl (C=O) groups excluding carboxylic acids is 2. The highest BCUT2D eigenvalue weighted by atomic mass is 79.9. The number of hydrogen-bond donors (Lipinski definition) is 3. The molecule has 0 aromatic heterocycles. The van der Waals surface area contributed by atoms with Gasteiger partial charge in [0, 0.05) is 25.4 Å². The van der Waals surface area contributed by atoms with Gasteiger partial charge in [0.05, 0.1) is 23.4 Å². The third-order valence-corrected chi connectivity index (χ3v) is 6.03. The zero-order valence-electron chi connectivity index (χ0n) is 21.3. The average Bonchev–Trinajstić information content (AvgIpc) is 2.89. The average molecular weight is 576 g/mol. The van der Waals surface area contributed by atoms with E-state index >= 15 is 0 Å². The molecule has 37 heavy (non-hydrogen) atoms. The minimum Gasteiger partial charge on any atom is -0.493 e. The van der Waals surface area contributed by atoms with Crippen molar-refractivity contribution in [3.63, 3.8) is 0 Å². The standard InChI is InChI=1S/C27H35BrN4O5/c1-19(2)29-13-3-16-36-25-11-9-22(17-23(25)28)35-15-4-14-30-27(34)18-37-21-7-5-20(6-8-21)24-10-12-26(33)32-31-24/h5-9,11,17,19,29H,3-4,10,12-16,18H2,1-2H3,(H,30,34)(H,32,33). The number of amides is 2. The molecule has 2 aromatic rings. The van der Waals surface area contributed by atoms with Gasteiger partial charge in [-0.15, -0.1) is 0 Å². The molecule has 0 fully saturated rings. The van der Waals surface area contributed by atoms with Crippen LogP contribution in [-0.4, -0.2) is 56.5 Å². The van der Waals surface area contributed by atoms with Gasteiger partial charge in [-0.1, -0.05) is 13.8 Å². The maximum absolute atomic E-state index is 12.1. The fourth-order valence-corrected chi connectivity index (χ4v) is 3.92. The van der Waals surface area contributed by atoms with Gasteiger partial charge in [-0.05, 0) is 83.3 Å². The van der Waals surface area contributed by atoms with Gasteiger partial charge >= 0.3 is 0 Å². The SMILES string of the molecule is CC(C)NCCCOc1ccc(OCCCNC(=O)COc2ccc(C3=NNC(=O)CC3)cc2)cc1Br. The van der Waals surface area contributed by atoms with Crippen molar-refractivity contribution < 1.29 is 23.8 Å². The molecule has 1 heterocycles. The number of halogens is 1. The summed E-state index contributed by atoms with van der Waals surface area (Å²) in [5.41, 5.74) is 4.23. The molecule has 10 heteroatoms. The Morgan fingerprint density at radius 1 is 1.00 bits per heavy atom. The summed E-state index contributed by atoms with van der Waals surface area (Å²) in [4.78, 5) is 23.3. The fraction of sp³-hybridized carbons (Fsp3) is 0.444. The Balaban J connectivity index is 1.27. The van der Waals surface area contributed by atoms with E-state index in [0.29, 0.717) is 50.8 Å². The van der Waals surface area contributed by atoms with Crippen LogP contribution in [0, 0.1) is 0 Å². The molecule has 0 bridgehead atoms. The molecule has 0 saturated carbocycles. The van der Waals surface area contributed by atoms with Crippen LogP contribution in [0.4, 0.5) is 0 Å². The van der Waals surface area contributed by atoms with Crippen LogP contribution in [0.1, 0.15) is 45.1 Å². The number of benzene rings is 2. The van der Waals surface area contributed by atoms with E-state index in [2.05, 4.69) is 50.9 Å². The van der Waals surface area contributed by atoms with Crippen LogP contribution in [0.15, 0.2) is 52.0 Å². The summed E-state index contributed by atoms with van der Waals surface area (Å²) in [6.07, 6.45) is 2.63. The molecule has 1 aliphatic rings. The van der Waals surface area contributed by atoms with Crippen LogP contribution < -0.4 is 30.3 Å². The molecule has 2 aromatic carbocycles. The third kappa shape index (κ3) is 10.4. The molecule has 2 amide bonds. The number of rotatable bonds is 15. The molecule has 0 spiro atoms. The molecule has 3 rings (SSSR count). The van der Waals surface area contributed by atoms with E-state index < -0.39 is 0 Å². The second-order valence-electron chi connectivity index (χ2n) is 8.86. The Bertz CT molecular complexity index is 1060. The summed E-state index contributed by atoms with van der Waals surface area (Å²) in [6.45, 7) is 6.70. The first-order chi connectivity index (χ1) is 17.9. The maximum Gasteiger partial charge on any atom is 0.257 e. The summed E-state index contributed by atoms with van der Waals surface area (Å²) in [7, 11) is 0. The van der Waals surface area contributed by atoms with Gasteiger partial charge in [-0.3, -0.25) is 9.59 Å². The highest BCUT2D eigenvalue weighted by Crippen LogP contribution is 2.29. The molecule has 0 unspecified atom stereocenters. The molecule has 0 radical (unpaired) electrons. The Hall–Kier alpha value is -3.11. The second kappa shape index (κ2) is 15.2. The normalized spacial score (nSPS) is 13.1. The quantitative estimate of drug-likeness (QED) is 0.279. The van der Waals surface area contributed by atoms with E-state index in [1.54, 1.807) is 12.1 Å². The van der Waals surface area contributed by atoms with Gasteiger partial charge < -0.3 is 24.8 Å². The van der Waals surface area contributed by atoms with Gasteiger partial charge in [-0.2, -0.15) is 5.10 Å². The van der Waals surface area contributed by atoms with Crippen molar-refractivity contribution in [3.05, 3.63) is 52.5 Å². The molecule has 0 saturated heterocycles. The first-order valence-corrected chi connectivity index (χ1v) is 13.3. The van der Waals surface area contributed by atoms with E-state index in [0.717, 1.165) is 40.2 Å². The van der Waals surface area contributed by atoms with Crippen LogP contribution >= 0.6 is 15.9 Å². The molecule has 0 aliphatic carbocycles. The van der Waals surface area contributed by atoms with Crippen LogP contribution in [0.3, 0.4) is 0 Å². The lowest BCUT2D eigenvalue weighted by atomic mass is 10.0. The predicted octanol–water partition coefficient (Wildman–Crippen LogP) is 3.79. The number of hydrazone groups is 1. The summed E-state index contributed by atoms with van der Waals surface area (Å²) < 4.78 is 18.0. The van der Waals surface area contributed by atoms with E-state index in [1.165, 1.54) is 0 Å². The smallest absolute Gasteiger partial charge is 0.257 e. The number of carbonyl (C=O) groups is 2. The van der Waals surface area contributed by atoms with Crippen LogP contribution in [0.5, 0.6) is 17.2 Å². The van der Waals surface area contributed by atoms with Crippen molar-refractivity contribution in [1.29, 1.82) is 0 Å². The molecule has 200 valence electrons. The molecule has 9 nitrogen and oxygen atoms in total. The van der Waals surface area contributed by atoms with Crippen LogP contribution in [-0.2, 0) is 9.59 Å². The largest absolute Gasteiger partial charge is 0.493 e. The van der Waals surface area contributed by atoms with Gasteiger partial charge in [0.15, 0.2) is 6.61 Å². The van der Waals surface area contributed by atoms with Gasteiger partial charge in [-0.25, -0.2) is 5.43 Å². The predicted molar refractivity (Wildman–Crippen MR) is 146 cm³/mol. The van der Waals surface area contributed by atoms with Crippen LogP contribution in [0.2, 0.25) is 0 Å². The second-order valence-corrected chi connectivity index (χ2v) is 9.72. The van der Waals surface area contributed by atoms with Crippen molar-refractivity contribution in [1.82, 2.24) is 16.1 Å². The summed E-state index contributed by atoms with van der Waals surface area (Å²) >= 11 is 3.53. The summed E-state index contributed by atoms with van der Waals surface area (Å²) in [5, 5.41) is 10.3. The molecule has 0 atom stereocenters. The monoisotopic (exact) mass is 574 g/mol. The van der Waals surface area contributed by atoms with E-state index in [4.69, 9.17) is 14.2 Å². The molecule has 1 aliphatic heterocycles. The maximum atomic E-state index is 12.1. The summed E-state index contributed by atoms with van der Waals surface area (Å²) in [5.74, 6) is 1.84. The van der Waals surface area contributed by atoms with Crippen molar-refractivity contribution in [2.75, 3.05) is 32.9 Å². The minimum atomic E-state index is -0.198. The fourth-order valence-electron chi connectivity index (χ4n) is 3.45. The first kappa shape index (κ1) is 28.5. The van der Waals surface area contributed by atoms with E-state index in [-0.39, 0.29) is 18.4 Å². The Kier molecular flexibility index (Phi) is 11.7. The van der Waals surface area contributed by atoms with Crippen molar-refractivity contribution in [3.8, 4) is 17.2 Å². The lowest BCUT2D eigenvalue weighted by molar-refractivity contribution is -0.123. The first-order valence-electron chi connectivity index (χ1n) is 12.5. The number of hydrogen-bond acceptors (Lipinski definition) is 7. The third-order valence-electron chi connectivity index (χ3n) is 5.41. The molecular formula is C27H35BrN4O5. The van der Waals surface area contributed by atoms with Crippen molar-refractivity contribution in [2.45, 2.75) is 45.6 Å². The van der Waals surface area contributed by atoms with Gasteiger partial charge in [0.25, 0.3) is 5.91 Å². The Morgan fingerprint density at radius 3 is 2.43 bits per heavy atom. The van der Waals surface area contributed by atoms with Crippen LogP contribution in [0.25, 0.3) is 0 Å². The summed E-state index contributed by atoms with van der Waals surface area (Å²) in [6, 6.07) is 13.4. The molecule has 3 N–H and O–H groups in total. The van der Waals surface area contributed by atoms with E-state index in [9.17, 15) is 9.59 Å². The highest BCUT2D eigenvalue weighted by molar-refractivity contribution is 9.10. The Labute approximate surface area is 226 Å². The lowest BCUT2D eigenvalue weighted by Gasteiger charge is -2.13. The van der Waals surface area contributed by atoms with Crippen molar-refractivity contribution >= 4 is 33.5 Å². The van der Waals surface area contributed by atoms with Gasteiger partial charge in [0.2, 0.25) is 5.91 Å². The van der Waals surface area contributed by atoms with Crippen molar-refractivity contribution in [2.24, 2.45) is 5.10 Å². The number of ether oxygens (including phenoxy) is 3. The topological polar surface area (TPSA) is 110 Å². The molecular weight excluding hydrogens is 540 g/mol. The highest BCUT2D eigenvalue weighted by Gasteiger charge is 2.13. The Morgan fingerprint density at radius 2 is 1.73 bits per heavy atom. The number of nitrogens with zero attached hydrogens (tertiary/aromatic N) is 1. The number of nitrogens with one attached hydrogen (secondary N) is 3. The minimum absolute atomic E-state index is 0.0703. The lowest BCUT2D eigenvalue weighted by Crippen LogP contribution is -2.30. The van der Waals surface area contributed by atoms with Gasteiger partial charge in [0.1, 0.15) is 17.2 Å².